The number of nitrogens with one attached hydrogen (secondary N) is 1. The Hall–Kier alpha value is -3.13. The van der Waals surface area contributed by atoms with E-state index in [4.69, 9.17) is 16.3 Å². The van der Waals surface area contributed by atoms with Gasteiger partial charge in [-0.2, -0.15) is 4.31 Å². The molecule has 1 aromatic heterocycles. The number of rotatable bonds is 7. The van der Waals surface area contributed by atoms with Gasteiger partial charge in [-0.25, -0.2) is 8.42 Å². The van der Waals surface area contributed by atoms with Crippen LogP contribution in [0.3, 0.4) is 0 Å². The van der Waals surface area contributed by atoms with Crippen LogP contribution in [0.15, 0.2) is 88.6 Å². The predicted octanol–water partition coefficient (Wildman–Crippen LogP) is 4.58. The Morgan fingerprint density at radius 2 is 1.66 bits per heavy atom. The van der Waals surface area contributed by atoms with Gasteiger partial charge in [-0.15, -0.1) is 0 Å². The van der Waals surface area contributed by atoms with Gasteiger partial charge in [0.25, 0.3) is 5.56 Å². The highest BCUT2D eigenvalue weighted by atomic mass is 35.5. The van der Waals surface area contributed by atoms with Crippen molar-refractivity contribution in [3.8, 4) is 5.75 Å². The summed E-state index contributed by atoms with van der Waals surface area (Å²) in [7, 11) is -2.43. The largest absolute Gasteiger partial charge is 0.497 e. The molecule has 32 heavy (non-hydrogen) atoms. The van der Waals surface area contributed by atoms with Crippen molar-refractivity contribution < 1.29 is 13.2 Å². The molecule has 4 rings (SSSR count). The Kier molecular flexibility index (Phi) is 6.32. The number of sulfonamides is 1. The van der Waals surface area contributed by atoms with Gasteiger partial charge in [-0.1, -0.05) is 54.1 Å². The van der Waals surface area contributed by atoms with E-state index < -0.39 is 10.0 Å². The highest BCUT2D eigenvalue weighted by molar-refractivity contribution is 7.89. The molecule has 6 nitrogen and oxygen atoms in total. The van der Waals surface area contributed by atoms with E-state index in [0.717, 1.165) is 10.9 Å². The summed E-state index contributed by atoms with van der Waals surface area (Å²) in [5.74, 6) is 0.639. The highest BCUT2D eigenvalue weighted by Gasteiger charge is 2.28. The van der Waals surface area contributed by atoms with E-state index in [0.29, 0.717) is 16.8 Å². The third kappa shape index (κ3) is 4.55. The molecule has 0 saturated carbocycles. The molecule has 0 spiro atoms. The second-order valence-electron chi connectivity index (χ2n) is 7.27. The molecule has 0 aliphatic rings. The fourth-order valence-electron chi connectivity index (χ4n) is 3.47. The van der Waals surface area contributed by atoms with Crippen LogP contribution in [0.5, 0.6) is 5.75 Å². The zero-order valence-corrected chi connectivity index (χ0v) is 18.9. The monoisotopic (exact) mass is 468 g/mol. The lowest BCUT2D eigenvalue weighted by atomic mass is 10.1. The molecule has 0 unspecified atom stereocenters. The van der Waals surface area contributed by atoms with Crippen molar-refractivity contribution in [3.05, 3.63) is 105 Å². The molecule has 3 aromatic carbocycles. The maximum Gasteiger partial charge on any atom is 0.252 e. The third-order valence-electron chi connectivity index (χ3n) is 5.13. The zero-order valence-electron chi connectivity index (χ0n) is 17.3. The van der Waals surface area contributed by atoms with E-state index >= 15 is 0 Å². The van der Waals surface area contributed by atoms with Gasteiger partial charge in [0.1, 0.15) is 10.6 Å². The Labute approximate surface area is 191 Å². The van der Waals surface area contributed by atoms with Crippen LogP contribution in [0.1, 0.15) is 11.1 Å². The van der Waals surface area contributed by atoms with Gasteiger partial charge in [0, 0.05) is 29.6 Å². The van der Waals surface area contributed by atoms with Crippen molar-refractivity contribution >= 4 is 32.5 Å². The number of nitrogens with zero attached hydrogens (tertiary/aromatic N) is 1. The number of H-pyrrole nitrogens is 1. The number of methoxy groups -OCH3 is 1. The molecule has 0 bridgehead atoms. The van der Waals surface area contributed by atoms with Crippen molar-refractivity contribution in [1.82, 2.24) is 9.29 Å². The van der Waals surface area contributed by atoms with Gasteiger partial charge in [0.05, 0.1) is 12.1 Å². The van der Waals surface area contributed by atoms with Crippen LogP contribution < -0.4 is 10.3 Å². The molecule has 1 N–H and O–H groups in total. The average Bonchev–Trinajstić information content (AvgIpc) is 2.79. The quantitative estimate of drug-likeness (QED) is 0.430. The van der Waals surface area contributed by atoms with E-state index in [1.165, 1.54) is 16.4 Å². The summed E-state index contributed by atoms with van der Waals surface area (Å²) in [6, 6.07) is 22.5. The van der Waals surface area contributed by atoms with Gasteiger partial charge in [-0.3, -0.25) is 4.79 Å². The molecule has 0 amide bonds. The highest BCUT2D eigenvalue weighted by Crippen LogP contribution is 2.27. The van der Waals surface area contributed by atoms with Crippen LogP contribution in [0, 0.1) is 0 Å². The van der Waals surface area contributed by atoms with Gasteiger partial charge >= 0.3 is 0 Å². The third-order valence-corrected chi connectivity index (χ3v) is 7.42. The van der Waals surface area contributed by atoms with Crippen molar-refractivity contribution in [3.63, 3.8) is 0 Å². The molecule has 0 atom stereocenters. The fraction of sp³-hybridized carbons (Fsp3) is 0.125. The molecular weight excluding hydrogens is 448 g/mol. The van der Waals surface area contributed by atoms with Gasteiger partial charge < -0.3 is 9.72 Å². The normalized spacial score (nSPS) is 11.7. The molecule has 0 fully saturated rings. The number of hydrogen-bond donors (Lipinski definition) is 1. The van der Waals surface area contributed by atoms with E-state index in [1.807, 2.05) is 30.3 Å². The lowest BCUT2D eigenvalue weighted by Crippen LogP contribution is -2.32. The minimum absolute atomic E-state index is 0.00325. The summed E-state index contributed by atoms with van der Waals surface area (Å²) >= 11 is 6.21. The van der Waals surface area contributed by atoms with Crippen molar-refractivity contribution in [2.75, 3.05) is 7.11 Å². The molecule has 8 heteroatoms. The summed E-state index contributed by atoms with van der Waals surface area (Å²) < 4.78 is 33.6. The number of aromatic nitrogens is 1. The van der Waals surface area contributed by atoms with Crippen LogP contribution in [-0.4, -0.2) is 24.8 Å². The van der Waals surface area contributed by atoms with Crippen LogP contribution in [0.25, 0.3) is 10.9 Å². The SMILES string of the molecule is COc1ccc2[nH]c(=O)c(CN(Cc3ccccc3)S(=O)(=O)c3ccccc3Cl)cc2c1. The number of hydrogen-bond acceptors (Lipinski definition) is 4. The lowest BCUT2D eigenvalue weighted by Gasteiger charge is -2.23. The van der Waals surface area contributed by atoms with Crippen molar-refractivity contribution in [2.45, 2.75) is 18.0 Å². The van der Waals surface area contributed by atoms with E-state index in [1.54, 1.807) is 43.5 Å². The molecule has 0 aliphatic carbocycles. The predicted molar refractivity (Wildman–Crippen MR) is 125 cm³/mol. The van der Waals surface area contributed by atoms with Gasteiger partial charge in [0.2, 0.25) is 10.0 Å². The first-order valence-corrected chi connectivity index (χ1v) is 11.7. The first-order valence-electron chi connectivity index (χ1n) is 9.87. The molecule has 4 aromatic rings. The number of fused-ring (bicyclic) bond motifs is 1. The second-order valence-corrected chi connectivity index (χ2v) is 9.58. The van der Waals surface area contributed by atoms with Crippen LogP contribution in [-0.2, 0) is 23.1 Å². The maximum absolute atomic E-state index is 13.5. The Morgan fingerprint density at radius 1 is 0.938 bits per heavy atom. The molecule has 0 saturated heterocycles. The van der Waals surface area contributed by atoms with Crippen molar-refractivity contribution in [1.29, 1.82) is 0 Å². The summed E-state index contributed by atoms with van der Waals surface area (Å²) in [6.07, 6.45) is 0. The molecule has 164 valence electrons. The summed E-state index contributed by atoms with van der Waals surface area (Å²) in [4.78, 5) is 15.6. The number of ether oxygens (including phenoxy) is 1. The second kappa shape index (κ2) is 9.16. The van der Waals surface area contributed by atoms with Gasteiger partial charge in [0.15, 0.2) is 0 Å². The van der Waals surface area contributed by atoms with Gasteiger partial charge in [-0.05, 0) is 42.0 Å². The summed E-state index contributed by atoms with van der Waals surface area (Å²) in [6.45, 7) is -0.0328. The zero-order chi connectivity index (χ0) is 22.7. The van der Waals surface area contributed by atoms with Crippen LogP contribution in [0.2, 0.25) is 5.02 Å². The number of pyridine rings is 1. The van der Waals surface area contributed by atoms with E-state index in [9.17, 15) is 13.2 Å². The smallest absolute Gasteiger partial charge is 0.252 e. The minimum atomic E-state index is -3.99. The summed E-state index contributed by atoms with van der Waals surface area (Å²) in [5, 5.41) is 0.872. The Bertz CT molecular complexity index is 1420. The standard InChI is InChI=1S/C24H21ClN2O4S/c1-31-20-11-12-22-18(14-20)13-19(24(28)26-22)16-27(15-17-7-3-2-4-8-17)32(29,30)23-10-6-5-9-21(23)25/h2-14H,15-16H2,1H3,(H,26,28). The van der Waals surface area contributed by atoms with Crippen LogP contribution >= 0.6 is 11.6 Å². The summed E-state index contributed by atoms with van der Waals surface area (Å²) in [5.41, 5.74) is 1.40. The molecule has 0 aliphatic heterocycles. The Balaban J connectivity index is 1.79. The average molecular weight is 469 g/mol. The number of benzene rings is 3. The molecule has 1 heterocycles. The maximum atomic E-state index is 13.5. The fourth-order valence-corrected chi connectivity index (χ4v) is 5.37. The van der Waals surface area contributed by atoms with E-state index in [2.05, 4.69) is 4.98 Å². The van der Waals surface area contributed by atoms with E-state index in [-0.39, 0.29) is 28.6 Å². The van der Waals surface area contributed by atoms with Crippen LogP contribution in [0.4, 0.5) is 0 Å². The molecule has 0 radical (unpaired) electrons. The first-order chi connectivity index (χ1) is 15.4. The topological polar surface area (TPSA) is 79.5 Å². The Morgan fingerprint density at radius 3 is 2.38 bits per heavy atom. The van der Waals surface area contributed by atoms with Crippen molar-refractivity contribution in [2.24, 2.45) is 0 Å². The molecular formula is C24H21ClN2O4S. The minimum Gasteiger partial charge on any atom is -0.497 e. The number of aromatic amines is 1. The lowest BCUT2D eigenvalue weighted by molar-refractivity contribution is 0.400. The first kappa shape index (κ1) is 22.1. The number of halogens is 1.